The summed E-state index contributed by atoms with van der Waals surface area (Å²) in [5.41, 5.74) is 3.94. The van der Waals surface area contributed by atoms with Crippen LogP contribution in [0.15, 0.2) is 42.4 Å². The summed E-state index contributed by atoms with van der Waals surface area (Å²) in [6, 6.07) is 4.95. The molecule has 0 spiro atoms. The highest BCUT2D eigenvalue weighted by molar-refractivity contribution is 7.12. The number of aryl methyl sites for hydroxylation is 1. The number of H-pyrrole nitrogens is 1. The van der Waals surface area contributed by atoms with Crippen LogP contribution in [0.5, 0.6) is 0 Å². The third-order valence-corrected chi connectivity index (χ3v) is 7.74. The molecule has 2 aliphatic heterocycles. The Morgan fingerprint density at radius 1 is 1.19 bits per heavy atom. The molecule has 0 aliphatic carbocycles. The first-order valence-electron chi connectivity index (χ1n) is 11.1. The Balaban J connectivity index is 1.05. The van der Waals surface area contributed by atoms with Crippen molar-refractivity contribution < 1.29 is 4.79 Å². The number of aromatic amines is 1. The first-order valence-corrected chi connectivity index (χ1v) is 11.9. The molecule has 2 saturated heterocycles. The molecule has 2 fully saturated rings. The molecule has 0 aromatic carbocycles. The average molecular weight is 448 g/mol. The van der Waals surface area contributed by atoms with Gasteiger partial charge in [-0.25, -0.2) is 9.97 Å². The SMILES string of the molecule is Cc1csc(C(=O)N2CCC(N3CC(n4cc(-c5ncnc6[nH]ccc56)cn4)C3)CC2)c1. The molecule has 4 aromatic rings. The molecule has 0 unspecified atom stereocenters. The lowest BCUT2D eigenvalue weighted by molar-refractivity contribution is 0.0199. The molecule has 0 atom stereocenters. The quantitative estimate of drug-likeness (QED) is 0.519. The Hall–Kier alpha value is -3.04. The number of likely N-dealkylation sites (tertiary alicyclic amines) is 2. The highest BCUT2D eigenvalue weighted by Gasteiger charge is 2.36. The topological polar surface area (TPSA) is 82.9 Å². The molecule has 164 valence electrons. The van der Waals surface area contributed by atoms with E-state index in [1.807, 2.05) is 41.7 Å². The van der Waals surface area contributed by atoms with Gasteiger partial charge in [-0.3, -0.25) is 14.4 Å². The van der Waals surface area contributed by atoms with Crippen LogP contribution in [-0.4, -0.2) is 72.7 Å². The molecule has 6 heterocycles. The zero-order chi connectivity index (χ0) is 21.7. The summed E-state index contributed by atoms with van der Waals surface area (Å²) >= 11 is 1.55. The largest absolute Gasteiger partial charge is 0.346 e. The summed E-state index contributed by atoms with van der Waals surface area (Å²) < 4.78 is 2.07. The zero-order valence-corrected chi connectivity index (χ0v) is 18.8. The van der Waals surface area contributed by atoms with Gasteiger partial charge < -0.3 is 9.88 Å². The molecule has 0 bridgehead atoms. The van der Waals surface area contributed by atoms with Crippen LogP contribution in [0.25, 0.3) is 22.3 Å². The van der Waals surface area contributed by atoms with Crippen molar-refractivity contribution in [2.24, 2.45) is 0 Å². The van der Waals surface area contributed by atoms with Gasteiger partial charge in [-0.2, -0.15) is 5.10 Å². The molecule has 1 amide bonds. The maximum Gasteiger partial charge on any atom is 0.263 e. The number of hydrogen-bond acceptors (Lipinski definition) is 6. The second-order valence-electron chi connectivity index (χ2n) is 8.79. The second kappa shape index (κ2) is 7.83. The van der Waals surface area contributed by atoms with Gasteiger partial charge >= 0.3 is 0 Å². The number of rotatable bonds is 4. The number of thiophene rings is 1. The Morgan fingerprint density at radius 3 is 2.81 bits per heavy atom. The minimum Gasteiger partial charge on any atom is -0.346 e. The Kier molecular flexibility index (Phi) is 4.80. The number of carbonyl (C=O) groups is 1. The molecule has 2 aliphatic rings. The van der Waals surface area contributed by atoms with Gasteiger partial charge in [0.25, 0.3) is 5.91 Å². The first-order chi connectivity index (χ1) is 15.7. The van der Waals surface area contributed by atoms with Crippen molar-refractivity contribution in [3.63, 3.8) is 0 Å². The van der Waals surface area contributed by atoms with Crippen molar-refractivity contribution in [2.75, 3.05) is 26.2 Å². The molecule has 9 heteroatoms. The lowest BCUT2D eigenvalue weighted by Crippen LogP contribution is -2.56. The van der Waals surface area contributed by atoms with E-state index in [9.17, 15) is 4.79 Å². The van der Waals surface area contributed by atoms with Gasteiger partial charge in [-0.1, -0.05) is 0 Å². The molecule has 0 saturated carbocycles. The van der Waals surface area contributed by atoms with E-state index in [2.05, 4.69) is 35.8 Å². The lowest BCUT2D eigenvalue weighted by atomic mass is 9.97. The summed E-state index contributed by atoms with van der Waals surface area (Å²) in [7, 11) is 0. The van der Waals surface area contributed by atoms with E-state index in [1.165, 1.54) is 5.56 Å². The van der Waals surface area contributed by atoms with E-state index >= 15 is 0 Å². The van der Waals surface area contributed by atoms with E-state index < -0.39 is 0 Å². The van der Waals surface area contributed by atoms with Crippen LogP contribution in [0.2, 0.25) is 0 Å². The third-order valence-electron chi connectivity index (χ3n) is 6.70. The number of aromatic nitrogens is 5. The van der Waals surface area contributed by atoms with Crippen LogP contribution < -0.4 is 0 Å². The number of amides is 1. The number of carbonyl (C=O) groups excluding carboxylic acids is 1. The van der Waals surface area contributed by atoms with E-state index in [0.717, 1.165) is 66.2 Å². The minimum atomic E-state index is 0.188. The zero-order valence-electron chi connectivity index (χ0n) is 17.9. The summed E-state index contributed by atoms with van der Waals surface area (Å²) in [5, 5.41) is 7.69. The van der Waals surface area contributed by atoms with E-state index in [0.29, 0.717) is 12.1 Å². The van der Waals surface area contributed by atoms with Crippen LogP contribution in [0.3, 0.4) is 0 Å². The highest BCUT2D eigenvalue weighted by atomic mass is 32.1. The van der Waals surface area contributed by atoms with Gasteiger partial charge in [0, 0.05) is 55.6 Å². The molecule has 0 radical (unpaired) electrons. The van der Waals surface area contributed by atoms with Crippen molar-refractivity contribution in [3.8, 4) is 11.3 Å². The normalized spacial score (nSPS) is 18.3. The fraction of sp³-hybridized carbons (Fsp3) is 0.391. The van der Waals surface area contributed by atoms with Gasteiger partial charge in [0.15, 0.2) is 0 Å². The minimum absolute atomic E-state index is 0.188. The number of fused-ring (bicyclic) bond motifs is 1. The van der Waals surface area contributed by atoms with Crippen LogP contribution in [0.4, 0.5) is 0 Å². The maximum atomic E-state index is 12.7. The fourth-order valence-corrected chi connectivity index (χ4v) is 5.71. The Bertz CT molecular complexity index is 1260. The molecule has 8 nitrogen and oxygen atoms in total. The predicted octanol–water partition coefficient (Wildman–Crippen LogP) is 3.35. The maximum absolute atomic E-state index is 12.7. The first kappa shape index (κ1) is 19.6. The lowest BCUT2D eigenvalue weighted by Gasteiger charge is -2.47. The monoisotopic (exact) mass is 447 g/mol. The average Bonchev–Trinajstić information content (AvgIpc) is 3.53. The van der Waals surface area contributed by atoms with Crippen molar-refractivity contribution in [2.45, 2.75) is 31.8 Å². The Labute approximate surface area is 189 Å². The summed E-state index contributed by atoms with van der Waals surface area (Å²) in [4.78, 5) is 30.0. The highest BCUT2D eigenvalue weighted by Crippen LogP contribution is 2.31. The van der Waals surface area contributed by atoms with E-state index in [-0.39, 0.29) is 5.91 Å². The van der Waals surface area contributed by atoms with Crippen LogP contribution >= 0.6 is 11.3 Å². The number of piperidine rings is 1. The molecular weight excluding hydrogens is 422 g/mol. The summed E-state index contributed by atoms with van der Waals surface area (Å²) in [6.07, 6.45) is 9.55. The van der Waals surface area contributed by atoms with Crippen molar-refractivity contribution in [1.29, 1.82) is 0 Å². The van der Waals surface area contributed by atoms with Crippen molar-refractivity contribution in [1.82, 2.24) is 34.5 Å². The van der Waals surface area contributed by atoms with Gasteiger partial charge in [0.2, 0.25) is 0 Å². The van der Waals surface area contributed by atoms with E-state index in [4.69, 9.17) is 0 Å². The van der Waals surface area contributed by atoms with Gasteiger partial charge in [0.05, 0.1) is 22.8 Å². The van der Waals surface area contributed by atoms with Crippen molar-refractivity contribution in [3.05, 3.63) is 52.9 Å². The summed E-state index contributed by atoms with van der Waals surface area (Å²) in [6.45, 7) is 5.74. The molecule has 1 N–H and O–H groups in total. The Morgan fingerprint density at radius 2 is 2.03 bits per heavy atom. The van der Waals surface area contributed by atoms with Gasteiger partial charge in [-0.05, 0) is 42.8 Å². The van der Waals surface area contributed by atoms with Crippen LogP contribution in [0, 0.1) is 6.92 Å². The smallest absolute Gasteiger partial charge is 0.263 e. The third kappa shape index (κ3) is 3.41. The van der Waals surface area contributed by atoms with Crippen molar-refractivity contribution >= 4 is 28.3 Å². The predicted molar refractivity (Wildman–Crippen MR) is 124 cm³/mol. The van der Waals surface area contributed by atoms with Gasteiger partial charge in [0.1, 0.15) is 12.0 Å². The summed E-state index contributed by atoms with van der Waals surface area (Å²) in [5.74, 6) is 0.188. The molecule has 32 heavy (non-hydrogen) atoms. The molecule has 6 rings (SSSR count). The number of nitrogens with one attached hydrogen (secondary N) is 1. The van der Waals surface area contributed by atoms with Crippen LogP contribution in [0.1, 0.15) is 34.1 Å². The number of nitrogens with zero attached hydrogens (tertiary/aromatic N) is 6. The number of hydrogen-bond donors (Lipinski definition) is 1. The molecule has 4 aromatic heterocycles. The fourth-order valence-electron chi connectivity index (χ4n) is 4.85. The van der Waals surface area contributed by atoms with E-state index in [1.54, 1.807) is 17.7 Å². The second-order valence-corrected chi connectivity index (χ2v) is 9.70. The van der Waals surface area contributed by atoms with Gasteiger partial charge in [-0.15, -0.1) is 11.3 Å². The standard InChI is InChI=1S/C23H25N7OS/c1-15-8-20(32-13-15)23(31)28-6-3-17(4-7-28)29-11-18(12-29)30-10-16(9-27-30)21-19-2-5-24-22(19)26-14-25-21/h2,5,8-10,13-14,17-18H,3-4,6-7,11-12H2,1H3,(H,24,25,26). The van der Waals surface area contributed by atoms with Crippen LogP contribution in [-0.2, 0) is 0 Å². The molecular formula is C23H25N7OS.